The third-order valence-electron chi connectivity index (χ3n) is 4.04. The molecule has 0 radical (unpaired) electrons. The molecule has 1 fully saturated rings. The lowest BCUT2D eigenvalue weighted by molar-refractivity contribution is -0.458. The molecule has 1 aliphatic heterocycles. The van der Waals surface area contributed by atoms with Crippen LogP contribution in [0, 0.1) is 0 Å². The topological polar surface area (TPSA) is 112 Å². The summed E-state index contributed by atoms with van der Waals surface area (Å²) in [7, 11) is -7.89. The van der Waals surface area contributed by atoms with E-state index in [4.69, 9.17) is 9.76 Å². The fourth-order valence-electron chi connectivity index (χ4n) is 1.88. The maximum absolute atomic E-state index is 13.0. The summed E-state index contributed by atoms with van der Waals surface area (Å²) in [6, 6.07) is 0. The molecule has 0 saturated carbocycles. The van der Waals surface area contributed by atoms with E-state index in [1.54, 1.807) is 0 Å². The Morgan fingerprint density at radius 2 is 0.784 bits per heavy atom. The highest BCUT2D eigenvalue weighted by atomic mass is 32.2. The van der Waals surface area contributed by atoms with Crippen molar-refractivity contribution < 1.29 is 102 Å². The second kappa shape index (κ2) is 9.23. The minimum atomic E-state index is -8.89. The molecule has 0 aliphatic carbocycles. The predicted octanol–water partition coefficient (Wildman–Crippen LogP) is 4.37. The summed E-state index contributed by atoms with van der Waals surface area (Å²) < 4.78 is 242. The van der Waals surface area contributed by atoms with Gasteiger partial charge < -0.3 is 0 Å². The molecule has 1 heterocycles. The quantitative estimate of drug-likeness (QED) is 0.191. The van der Waals surface area contributed by atoms with Crippen LogP contribution in [0.25, 0.3) is 0 Å². The Balaban J connectivity index is 0.00000136. The standard InChI is InChI=1S/C8HF17O3S.C4H5NO3/c9-1(10,3(13,14)5(17,18)7(21,22)23)2(11,12)4(15,16)6(19,20)8(24,25)29(26,27)28;6-3-1-2-4(7)5(3)8/h(H,26,27,28);8H,1-2H2. The van der Waals surface area contributed by atoms with Crippen LogP contribution in [0.4, 0.5) is 74.6 Å². The molecule has 220 valence electrons. The first-order valence-electron chi connectivity index (χ1n) is 7.95. The van der Waals surface area contributed by atoms with Gasteiger partial charge in [0.05, 0.1) is 0 Å². The summed E-state index contributed by atoms with van der Waals surface area (Å²) in [5.74, 6) is -53.0. The molecule has 0 aromatic heterocycles. The Morgan fingerprint density at radius 1 is 0.541 bits per heavy atom. The number of rotatable bonds is 7. The number of carbonyl (C=O) groups excluding carboxylic acids is 2. The molecule has 0 bridgehead atoms. The van der Waals surface area contributed by atoms with Gasteiger partial charge in [0.1, 0.15) is 0 Å². The first-order chi connectivity index (χ1) is 15.7. The number of halogens is 17. The number of hydrogen-bond acceptors (Lipinski definition) is 5. The Labute approximate surface area is 190 Å². The number of alkyl halides is 17. The van der Waals surface area contributed by atoms with Crippen molar-refractivity contribution in [2.75, 3.05) is 0 Å². The fraction of sp³-hybridized carbons (Fsp3) is 0.833. The highest BCUT2D eigenvalue weighted by molar-refractivity contribution is 7.87. The van der Waals surface area contributed by atoms with Crippen LogP contribution in [-0.4, -0.2) is 82.0 Å². The molecule has 0 aromatic carbocycles. The maximum Gasteiger partial charge on any atom is 0.460 e. The minimum absolute atomic E-state index is 0.148. The van der Waals surface area contributed by atoms with Gasteiger partial charge >= 0.3 is 57.1 Å². The largest absolute Gasteiger partial charge is 0.460 e. The average molecular weight is 615 g/mol. The van der Waals surface area contributed by atoms with Gasteiger partial charge in [-0.25, -0.2) is 0 Å². The molecule has 1 aliphatic rings. The number of amides is 2. The van der Waals surface area contributed by atoms with E-state index in [1.165, 1.54) is 0 Å². The summed E-state index contributed by atoms with van der Waals surface area (Å²) in [6.45, 7) is 0. The molecule has 1 rings (SSSR count). The number of nitrogens with zero attached hydrogens (tertiary/aromatic N) is 1. The summed E-state index contributed by atoms with van der Waals surface area (Å²) in [4.78, 5) is 20.5. The Hall–Kier alpha value is -2.18. The SMILES string of the molecule is O=C1CCC(=O)N1O.O=S(=O)(O)C(F)(F)C(F)(F)C(F)(F)C(F)(F)C(F)(F)C(F)(F)C(F)(F)C(F)(F)F. The molecule has 37 heavy (non-hydrogen) atoms. The van der Waals surface area contributed by atoms with Crippen LogP contribution in [0.15, 0.2) is 0 Å². The summed E-state index contributed by atoms with van der Waals surface area (Å²) in [5.41, 5.74) is 0. The minimum Gasteiger partial charge on any atom is -0.281 e. The van der Waals surface area contributed by atoms with Crippen molar-refractivity contribution in [3.05, 3.63) is 0 Å². The van der Waals surface area contributed by atoms with Gasteiger partial charge in [0.25, 0.3) is 11.8 Å². The third kappa shape index (κ3) is 4.99. The molecule has 2 amide bonds. The van der Waals surface area contributed by atoms with Crippen molar-refractivity contribution in [1.29, 1.82) is 0 Å². The molecular weight excluding hydrogens is 609 g/mol. The molecule has 7 nitrogen and oxygen atoms in total. The van der Waals surface area contributed by atoms with Crippen molar-refractivity contribution in [3.63, 3.8) is 0 Å². The van der Waals surface area contributed by atoms with E-state index in [0.717, 1.165) is 0 Å². The number of hydrogen-bond donors (Lipinski definition) is 2. The van der Waals surface area contributed by atoms with E-state index in [9.17, 15) is 92.6 Å². The first kappa shape index (κ1) is 34.8. The molecule has 0 unspecified atom stereocenters. The zero-order chi connectivity index (χ0) is 30.6. The summed E-state index contributed by atoms with van der Waals surface area (Å²) in [5, 5.41) is 0.725. The van der Waals surface area contributed by atoms with E-state index >= 15 is 0 Å². The lowest BCUT2D eigenvalue weighted by Gasteiger charge is -2.42. The molecular formula is C12H6F17NO6S. The van der Waals surface area contributed by atoms with Gasteiger partial charge in [0, 0.05) is 12.8 Å². The molecule has 0 atom stereocenters. The van der Waals surface area contributed by atoms with Crippen LogP contribution in [0.1, 0.15) is 12.8 Å². The lowest BCUT2D eigenvalue weighted by atomic mass is 9.91. The maximum atomic E-state index is 13.0. The Kier molecular flexibility index (Phi) is 8.69. The Bertz CT molecular complexity index is 989. The molecule has 0 aromatic rings. The number of imide groups is 1. The lowest BCUT2D eigenvalue weighted by Crippen LogP contribution is -2.74. The first-order valence-corrected chi connectivity index (χ1v) is 9.39. The predicted molar refractivity (Wildman–Crippen MR) is 75.1 cm³/mol. The van der Waals surface area contributed by atoms with E-state index in [0.29, 0.717) is 0 Å². The van der Waals surface area contributed by atoms with Gasteiger partial charge in [0.2, 0.25) is 0 Å². The number of hydroxylamine groups is 2. The summed E-state index contributed by atoms with van der Waals surface area (Å²) >= 11 is 0. The number of carbonyl (C=O) groups is 2. The van der Waals surface area contributed by atoms with Crippen LogP contribution >= 0.6 is 0 Å². The smallest absolute Gasteiger partial charge is 0.281 e. The van der Waals surface area contributed by atoms with Gasteiger partial charge in [-0.15, -0.1) is 0 Å². The Morgan fingerprint density at radius 3 is 0.973 bits per heavy atom. The van der Waals surface area contributed by atoms with Crippen LogP contribution < -0.4 is 0 Å². The summed E-state index contributed by atoms with van der Waals surface area (Å²) in [6.07, 6.45) is -7.59. The molecule has 1 saturated heterocycles. The zero-order valence-corrected chi connectivity index (χ0v) is 17.0. The van der Waals surface area contributed by atoms with E-state index < -0.39 is 68.9 Å². The third-order valence-corrected chi connectivity index (χ3v) is 4.95. The second-order valence-corrected chi connectivity index (χ2v) is 8.00. The van der Waals surface area contributed by atoms with Gasteiger partial charge in [-0.3, -0.25) is 19.3 Å². The molecule has 25 heteroatoms. The van der Waals surface area contributed by atoms with Crippen LogP contribution in [0.2, 0.25) is 0 Å². The van der Waals surface area contributed by atoms with Crippen LogP contribution in [0.3, 0.4) is 0 Å². The zero-order valence-electron chi connectivity index (χ0n) is 16.2. The fourth-order valence-corrected chi connectivity index (χ4v) is 2.33. The van der Waals surface area contributed by atoms with Gasteiger partial charge in [0.15, 0.2) is 0 Å². The highest BCUT2D eigenvalue weighted by Gasteiger charge is 2.96. The van der Waals surface area contributed by atoms with E-state index in [1.807, 2.05) is 0 Å². The van der Waals surface area contributed by atoms with E-state index in [2.05, 4.69) is 0 Å². The average Bonchev–Trinajstić information content (AvgIpc) is 2.96. The van der Waals surface area contributed by atoms with Crippen molar-refractivity contribution in [2.24, 2.45) is 0 Å². The van der Waals surface area contributed by atoms with E-state index in [-0.39, 0.29) is 17.9 Å². The van der Waals surface area contributed by atoms with Crippen LogP contribution in [-0.2, 0) is 19.7 Å². The van der Waals surface area contributed by atoms with Crippen molar-refractivity contribution in [1.82, 2.24) is 5.06 Å². The monoisotopic (exact) mass is 615 g/mol. The highest BCUT2D eigenvalue weighted by Crippen LogP contribution is 2.64. The molecule has 2 N–H and O–H groups in total. The van der Waals surface area contributed by atoms with Gasteiger partial charge in [-0.2, -0.15) is 88.1 Å². The second-order valence-electron chi connectivity index (χ2n) is 6.54. The van der Waals surface area contributed by atoms with Crippen LogP contribution in [0.5, 0.6) is 0 Å². The normalized spacial score (nSPS) is 17.6. The molecule has 0 spiro atoms. The van der Waals surface area contributed by atoms with Crippen molar-refractivity contribution in [2.45, 2.75) is 59.8 Å². The van der Waals surface area contributed by atoms with Crippen molar-refractivity contribution >= 4 is 21.9 Å². The van der Waals surface area contributed by atoms with Gasteiger partial charge in [-0.05, 0) is 0 Å². The van der Waals surface area contributed by atoms with Gasteiger partial charge in [-0.1, -0.05) is 0 Å². The van der Waals surface area contributed by atoms with Crippen molar-refractivity contribution in [3.8, 4) is 0 Å².